The van der Waals surface area contributed by atoms with Crippen molar-refractivity contribution in [2.75, 3.05) is 13.3 Å². The van der Waals surface area contributed by atoms with E-state index in [-0.39, 0.29) is 5.97 Å². The monoisotopic (exact) mass is 377 g/mol. The van der Waals surface area contributed by atoms with E-state index in [1.165, 1.54) is 21.5 Å². The number of hydrogen-bond donors (Lipinski definition) is 0. The third-order valence-corrected chi connectivity index (χ3v) is 9.39. The molecule has 0 amide bonds. The van der Waals surface area contributed by atoms with Crippen molar-refractivity contribution in [3.63, 3.8) is 0 Å². The summed E-state index contributed by atoms with van der Waals surface area (Å²) in [5.74, 6) is -0.246. The number of rotatable bonds is 5. The van der Waals surface area contributed by atoms with Gasteiger partial charge in [0.15, 0.2) is 0 Å². The van der Waals surface area contributed by atoms with Crippen LogP contribution in [0.15, 0.2) is 72.8 Å². The molecule has 0 N–H and O–H groups in total. The van der Waals surface area contributed by atoms with Gasteiger partial charge in [-0.2, -0.15) is 0 Å². The fraction of sp³-hybridized carbons (Fsp3) is 0.208. The number of hydrogen-bond acceptors (Lipinski definition) is 2. The molecule has 3 rings (SSSR count). The maximum absolute atomic E-state index is 12.3. The molecule has 0 saturated heterocycles. The third-order valence-electron chi connectivity index (χ3n) is 5.28. The molecule has 3 aromatic carbocycles. The van der Waals surface area contributed by atoms with Crippen molar-refractivity contribution < 1.29 is 9.53 Å². The summed E-state index contributed by atoms with van der Waals surface area (Å²) in [6, 6.07) is 25.5. The molecule has 0 fully saturated rings. The van der Waals surface area contributed by atoms with Crippen molar-refractivity contribution in [2.45, 2.75) is 20.8 Å². The van der Waals surface area contributed by atoms with Gasteiger partial charge in [0.25, 0.3) is 0 Å². The summed E-state index contributed by atoms with van der Waals surface area (Å²) in [6.45, 7) is 8.73. The molecule has 0 aromatic heterocycles. The molecule has 0 aliphatic rings. The molecule has 138 valence electrons. The van der Waals surface area contributed by atoms with Gasteiger partial charge in [0, 0.05) is 0 Å². The number of benzene rings is 3. The zero-order chi connectivity index (χ0) is 19.4. The van der Waals surface area contributed by atoms with Crippen LogP contribution >= 0.6 is 7.26 Å². The molecule has 2 nitrogen and oxygen atoms in total. The van der Waals surface area contributed by atoms with E-state index in [9.17, 15) is 4.79 Å². The Kier molecular flexibility index (Phi) is 5.77. The van der Waals surface area contributed by atoms with Crippen molar-refractivity contribution in [3.8, 4) is 0 Å². The number of carbonyl (C=O) groups is 1. The minimum absolute atomic E-state index is 0.246. The molecule has 3 heteroatoms. The summed E-state index contributed by atoms with van der Waals surface area (Å²) < 4.78 is 5.23. The van der Waals surface area contributed by atoms with E-state index < -0.39 is 7.26 Å². The van der Waals surface area contributed by atoms with Gasteiger partial charge in [0.1, 0.15) is 23.2 Å². The van der Waals surface area contributed by atoms with Crippen molar-refractivity contribution in [1.82, 2.24) is 0 Å². The van der Waals surface area contributed by atoms with E-state index in [4.69, 9.17) is 4.74 Å². The van der Waals surface area contributed by atoms with Crippen LogP contribution < -0.4 is 15.9 Å². The quantitative estimate of drug-likeness (QED) is 0.487. The molecular weight excluding hydrogens is 351 g/mol. The van der Waals surface area contributed by atoms with Gasteiger partial charge >= 0.3 is 5.97 Å². The lowest BCUT2D eigenvalue weighted by Gasteiger charge is -2.26. The van der Waals surface area contributed by atoms with Crippen LogP contribution in [0.2, 0.25) is 0 Å². The Balaban J connectivity index is 2.23. The number of esters is 1. The summed E-state index contributed by atoms with van der Waals surface area (Å²) in [5.41, 5.74) is 2.83. The zero-order valence-electron chi connectivity index (χ0n) is 16.4. The highest BCUT2D eigenvalue weighted by atomic mass is 31.2. The Labute approximate surface area is 162 Å². The smallest absolute Gasteiger partial charge is 0.338 e. The van der Waals surface area contributed by atoms with Gasteiger partial charge in [-0.15, -0.1) is 0 Å². The van der Waals surface area contributed by atoms with E-state index in [0.29, 0.717) is 12.2 Å². The molecule has 0 spiro atoms. The highest BCUT2D eigenvalue weighted by molar-refractivity contribution is 7.95. The standard InChI is InChI=1S/C24H26O2P/c1-5-26-24(25)22-16-17-23(19(3)18(22)2)27(4,20-12-8-6-9-13-20)21-14-10-7-11-15-21/h6-17H,5H2,1-4H3/q+1. The lowest BCUT2D eigenvalue weighted by Crippen LogP contribution is -2.32. The van der Waals surface area contributed by atoms with Gasteiger partial charge in [-0.25, -0.2) is 4.79 Å². The second-order valence-electron chi connectivity index (χ2n) is 6.78. The second kappa shape index (κ2) is 8.06. The maximum Gasteiger partial charge on any atom is 0.338 e. The fourth-order valence-corrected chi connectivity index (χ4v) is 7.20. The Hall–Kier alpha value is -2.44. The van der Waals surface area contributed by atoms with Gasteiger partial charge in [-0.3, -0.25) is 0 Å². The first-order chi connectivity index (χ1) is 13.0. The van der Waals surface area contributed by atoms with Crippen LogP contribution in [0.5, 0.6) is 0 Å². The first-order valence-electron chi connectivity index (χ1n) is 9.25. The average Bonchev–Trinajstić information content (AvgIpc) is 2.71. The lowest BCUT2D eigenvalue weighted by molar-refractivity contribution is 0.0525. The van der Waals surface area contributed by atoms with Crippen molar-refractivity contribution in [2.24, 2.45) is 0 Å². The third kappa shape index (κ3) is 3.55. The van der Waals surface area contributed by atoms with E-state index in [0.717, 1.165) is 5.56 Å². The van der Waals surface area contributed by atoms with Gasteiger partial charge in [-0.1, -0.05) is 36.4 Å². The van der Waals surface area contributed by atoms with Crippen molar-refractivity contribution in [1.29, 1.82) is 0 Å². The normalized spacial score (nSPS) is 11.3. The van der Waals surface area contributed by atoms with Crippen molar-refractivity contribution >= 4 is 29.1 Å². The van der Waals surface area contributed by atoms with Gasteiger partial charge < -0.3 is 4.74 Å². The van der Waals surface area contributed by atoms with Crippen LogP contribution in [-0.4, -0.2) is 19.2 Å². The first-order valence-corrected chi connectivity index (χ1v) is 11.5. The number of carbonyl (C=O) groups excluding carboxylic acids is 1. The van der Waals surface area contributed by atoms with Crippen molar-refractivity contribution in [3.05, 3.63) is 89.5 Å². The summed E-state index contributed by atoms with van der Waals surface area (Å²) in [7, 11) is -1.81. The summed E-state index contributed by atoms with van der Waals surface area (Å²) >= 11 is 0. The maximum atomic E-state index is 12.3. The van der Waals surface area contributed by atoms with E-state index >= 15 is 0 Å². The largest absolute Gasteiger partial charge is 0.462 e. The molecular formula is C24H26O2P+. The predicted molar refractivity (Wildman–Crippen MR) is 117 cm³/mol. The minimum atomic E-state index is -1.81. The molecule has 0 radical (unpaired) electrons. The predicted octanol–water partition coefficient (Wildman–Crippen LogP) is 4.40. The Morgan fingerprint density at radius 3 is 1.81 bits per heavy atom. The number of ether oxygens (including phenoxy) is 1. The lowest BCUT2D eigenvalue weighted by atomic mass is 10.0. The minimum Gasteiger partial charge on any atom is -0.462 e. The molecule has 0 aliphatic heterocycles. The molecule has 0 saturated carbocycles. The van der Waals surface area contributed by atoms with Crippen LogP contribution in [-0.2, 0) is 4.74 Å². The van der Waals surface area contributed by atoms with Crippen LogP contribution in [0.25, 0.3) is 0 Å². The Morgan fingerprint density at radius 1 is 0.815 bits per heavy atom. The summed E-state index contributed by atoms with van der Waals surface area (Å²) in [5, 5.41) is 3.98. The molecule has 0 unspecified atom stereocenters. The van der Waals surface area contributed by atoms with Gasteiger partial charge in [0.2, 0.25) is 0 Å². The summed E-state index contributed by atoms with van der Waals surface area (Å²) in [4.78, 5) is 12.3. The molecule has 0 heterocycles. The van der Waals surface area contributed by atoms with Crippen LogP contribution in [0.3, 0.4) is 0 Å². The van der Waals surface area contributed by atoms with E-state index in [2.05, 4.69) is 80.3 Å². The first kappa shape index (κ1) is 19.3. The van der Waals surface area contributed by atoms with Crippen LogP contribution in [0.1, 0.15) is 28.4 Å². The molecule has 0 bridgehead atoms. The molecule has 3 aromatic rings. The highest BCUT2D eigenvalue weighted by Gasteiger charge is 2.41. The topological polar surface area (TPSA) is 26.3 Å². The Bertz CT molecular complexity index is 894. The summed E-state index contributed by atoms with van der Waals surface area (Å²) in [6.07, 6.45) is 0. The SMILES string of the molecule is CCOC(=O)c1ccc([P+](C)(c2ccccc2)c2ccccc2)c(C)c1C. The highest BCUT2D eigenvalue weighted by Crippen LogP contribution is 2.52. The van der Waals surface area contributed by atoms with Gasteiger partial charge in [0.05, 0.1) is 18.8 Å². The average molecular weight is 377 g/mol. The second-order valence-corrected chi connectivity index (χ2v) is 10.3. The van der Waals surface area contributed by atoms with Crippen LogP contribution in [0.4, 0.5) is 0 Å². The zero-order valence-corrected chi connectivity index (χ0v) is 17.3. The van der Waals surface area contributed by atoms with E-state index in [1.807, 2.05) is 19.9 Å². The molecule has 27 heavy (non-hydrogen) atoms. The van der Waals surface area contributed by atoms with Crippen LogP contribution in [0, 0.1) is 13.8 Å². The Morgan fingerprint density at radius 2 is 1.33 bits per heavy atom. The van der Waals surface area contributed by atoms with Gasteiger partial charge in [-0.05, 0) is 68.3 Å². The molecule has 0 atom stereocenters. The fourth-order valence-electron chi connectivity index (χ4n) is 3.60. The van der Waals surface area contributed by atoms with E-state index in [1.54, 1.807) is 0 Å². The molecule has 0 aliphatic carbocycles.